The van der Waals surface area contributed by atoms with Gasteiger partial charge in [-0.3, -0.25) is 4.79 Å². The Bertz CT molecular complexity index is 647. The molecule has 0 aliphatic carbocycles. The van der Waals surface area contributed by atoms with Crippen molar-refractivity contribution < 1.29 is 14.6 Å². The maximum absolute atomic E-state index is 10.5. The predicted molar refractivity (Wildman–Crippen MR) is 81.2 cm³/mol. The van der Waals surface area contributed by atoms with Gasteiger partial charge in [0.05, 0.1) is 18.4 Å². The molecular formula is C13H13N3O3S2. The molecule has 0 saturated carbocycles. The lowest BCUT2D eigenvalue weighted by Gasteiger charge is -2.26. The number of nitrogens with one attached hydrogen (secondary N) is 1. The molecule has 3 rings (SSSR count). The third-order valence-corrected chi connectivity index (χ3v) is 4.95. The van der Waals surface area contributed by atoms with E-state index in [1.807, 2.05) is 24.3 Å². The van der Waals surface area contributed by atoms with Crippen LogP contribution >= 0.6 is 23.1 Å². The molecule has 110 valence electrons. The van der Waals surface area contributed by atoms with Gasteiger partial charge in [-0.25, -0.2) is 0 Å². The van der Waals surface area contributed by atoms with Crippen molar-refractivity contribution >= 4 is 34.2 Å². The van der Waals surface area contributed by atoms with E-state index >= 15 is 0 Å². The molecule has 2 aromatic rings. The summed E-state index contributed by atoms with van der Waals surface area (Å²) in [5.74, 6) is 0.0312. The standard InChI is InChI=1S/C13H13N3O3S2/c17-11(18)7-20-13-16-15-12(21-13)14-9-5-6-19-10-4-2-1-3-8(9)10/h1-4,9H,5-7H2,(H,14,15)(H,17,18). The summed E-state index contributed by atoms with van der Waals surface area (Å²) in [6.07, 6.45) is 0.855. The molecule has 0 radical (unpaired) electrons. The highest BCUT2D eigenvalue weighted by Crippen LogP contribution is 2.35. The largest absolute Gasteiger partial charge is 0.493 e. The Morgan fingerprint density at radius 3 is 3.19 bits per heavy atom. The number of benzene rings is 1. The zero-order valence-electron chi connectivity index (χ0n) is 11.0. The van der Waals surface area contributed by atoms with E-state index in [2.05, 4.69) is 15.5 Å². The molecule has 2 N–H and O–H groups in total. The smallest absolute Gasteiger partial charge is 0.313 e. The van der Waals surface area contributed by atoms with E-state index in [-0.39, 0.29) is 11.8 Å². The first-order valence-corrected chi connectivity index (χ1v) is 8.19. The van der Waals surface area contributed by atoms with Crippen molar-refractivity contribution in [2.45, 2.75) is 16.8 Å². The lowest BCUT2D eigenvalue weighted by Crippen LogP contribution is -2.20. The van der Waals surface area contributed by atoms with E-state index in [0.717, 1.165) is 17.7 Å². The van der Waals surface area contributed by atoms with E-state index in [1.54, 1.807) is 0 Å². The molecule has 1 aromatic carbocycles. The van der Waals surface area contributed by atoms with Crippen molar-refractivity contribution in [3.8, 4) is 5.75 Å². The fraction of sp³-hybridized carbons (Fsp3) is 0.308. The van der Waals surface area contributed by atoms with Gasteiger partial charge >= 0.3 is 5.97 Å². The molecule has 21 heavy (non-hydrogen) atoms. The zero-order valence-corrected chi connectivity index (χ0v) is 12.6. The minimum atomic E-state index is -0.858. The average Bonchev–Trinajstić information content (AvgIpc) is 2.93. The molecule has 0 bridgehead atoms. The van der Waals surface area contributed by atoms with Crippen LogP contribution in [0.4, 0.5) is 5.13 Å². The number of carboxylic acids is 1. The molecular weight excluding hydrogens is 310 g/mol. The minimum absolute atomic E-state index is 0.00522. The molecule has 0 amide bonds. The van der Waals surface area contributed by atoms with E-state index < -0.39 is 5.97 Å². The number of ether oxygens (including phenoxy) is 1. The lowest BCUT2D eigenvalue weighted by molar-refractivity contribution is -0.133. The molecule has 1 aliphatic heterocycles. The van der Waals surface area contributed by atoms with Crippen molar-refractivity contribution in [1.29, 1.82) is 0 Å². The minimum Gasteiger partial charge on any atom is -0.493 e. The van der Waals surface area contributed by atoms with Crippen LogP contribution in [0.1, 0.15) is 18.0 Å². The van der Waals surface area contributed by atoms with Crippen LogP contribution in [0.5, 0.6) is 5.75 Å². The van der Waals surface area contributed by atoms with E-state index in [0.29, 0.717) is 16.1 Å². The molecule has 1 unspecified atom stereocenters. The number of fused-ring (bicyclic) bond motifs is 1. The predicted octanol–water partition coefficient (Wildman–Crippen LogP) is 2.65. The van der Waals surface area contributed by atoms with Gasteiger partial charge < -0.3 is 15.2 Å². The second kappa shape index (κ2) is 6.31. The molecule has 8 heteroatoms. The summed E-state index contributed by atoms with van der Waals surface area (Å²) in [5, 5.41) is 20.8. The Morgan fingerprint density at radius 2 is 2.33 bits per heavy atom. The summed E-state index contributed by atoms with van der Waals surface area (Å²) in [7, 11) is 0. The summed E-state index contributed by atoms with van der Waals surface area (Å²) in [6, 6.07) is 8.06. The van der Waals surface area contributed by atoms with Crippen LogP contribution in [0.25, 0.3) is 0 Å². The molecule has 6 nitrogen and oxygen atoms in total. The van der Waals surface area contributed by atoms with Crippen molar-refractivity contribution in [3.63, 3.8) is 0 Å². The van der Waals surface area contributed by atoms with Crippen molar-refractivity contribution in [2.75, 3.05) is 17.7 Å². The molecule has 0 spiro atoms. The first-order chi connectivity index (χ1) is 10.2. The van der Waals surface area contributed by atoms with Crippen LogP contribution in [0.3, 0.4) is 0 Å². The number of hydrogen-bond donors (Lipinski definition) is 2. The Balaban J connectivity index is 1.69. The maximum Gasteiger partial charge on any atom is 0.313 e. The number of aromatic nitrogens is 2. The monoisotopic (exact) mass is 323 g/mol. The molecule has 1 aliphatic rings. The number of anilines is 1. The van der Waals surface area contributed by atoms with Gasteiger partial charge in [-0.05, 0) is 6.07 Å². The second-order valence-corrected chi connectivity index (χ2v) is 6.63. The zero-order chi connectivity index (χ0) is 14.7. The van der Waals surface area contributed by atoms with Gasteiger partial charge in [0.15, 0.2) is 4.34 Å². The topological polar surface area (TPSA) is 84.3 Å². The normalized spacial score (nSPS) is 16.9. The fourth-order valence-corrected chi connectivity index (χ4v) is 3.62. The van der Waals surface area contributed by atoms with Crippen LogP contribution in [-0.4, -0.2) is 33.6 Å². The van der Waals surface area contributed by atoms with Crippen LogP contribution < -0.4 is 10.1 Å². The number of thioether (sulfide) groups is 1. The number of hydrogen-bond acceptors (Lipinski definition) is 7. The SMILES string of the molecule is O=C(O)CSc1nnc(NC2CCOc3ccccc32)s1. The number of aliphatic carboxylic acids is 1. The Morgan fingerprint density at radius 1 is 1.48 bits per heavy atom. The van der Waals surface area contributed by atoms with Crippen LogP contribution in [0.15, 0.2) is 28.6 Å². The fourth-order valence-electron chi connectivity index (χ4n) is 2.09. The molecule has 0 saturated heterocycles. The summed E-state index contributed by atoms with van der Waals surface area (Å²) in [5.41, 5.74) is 1.11. The van der Waals surface area contributed by atoms with Crippen LogP contribution in [0, 0.1) is 0 Å². The average molecular weight is 323 g/mol. The third-order valence-electron chi connectivity index (χ3n) is 2.98. The highest BCUT2D eigenvalue weighted by Gasteiger charge is 2.22. The van der Waals surface area contributed by atoms with E-state index in [9.17, 15) is 4.79 Å². The second-order valence-electron chi connectivity index (χ2n) is 4.43. The quantitative estimate of drug-likeness (QED) is 0.818. The van der Waals surface area contributed by atoms with Crippen molar-refractivity contribution in [2.24, 2.45) is 0 Å². The maximum atomic E-state index is 10.5. The number of para-hydroxylation sites is 1. The number of nitrogens with zero attached hydrogens (tertiary/aromatic N) is 2. The molecule has 1 aromatic heterocycles. The Hall–Kier alpha value is -1.80. The summed E-state index contributed by atoms with van der Waals surface area (Å²) in [6.45, 7) is 0.661. The first-order valence-electron chi connectivity index (χ1n) is 6.39. The van der Waals surface area contributed by atoms with E-state index in [1.165, 1.54) is 23.1 Å². The van der Waals surface area contributed by atoms with Gasteiger partial charge in [0.1, 0.15) is 5.75 Å². The van der Waals surface area contributed by atoms with Gasteiger partial charge in [-0.1, -0.05) is 41.3 Å². The Kier molecular flexibility index (Phi) is 4.26. The first kappa shape index (κ1) is 14.2. The van der Waals surface area contributed by atoms with Crippen molar-refractivity contribution in [1.82, 2.24) is 10.2 Å². The molecule has 1 atom stereocenters. The van der Waals surface area contributed by atoms with Gasteiger partial charge in [0.25, 0.3) is 0 Å². The van der Waals surface area contributed by atoms with Crippen LogP contribution in [0.2, 0.25) is 0 Å². The van der Waals surface area contributed by atoms with Crippen LogP contribution in [-0.2, 0) is 4.79 Å². The number of rotatable bonds is 5. The third kappa shape index (κ3) is 3.45. The highest BCUT2D eigenvalue weighted by atomic mass is 32.2. The summed E-state index contributed by atoms with van der Waals surface area (Å²) < 4.78 is 6.27. The van der Waals surface area contributed by atoms with Gasteiger partial charge in [0, 0.05) is 12.0 Å². The lowest BCUT2D eigenvalue weighted by atomic mass is 10.0. The number of carboxylic acid groups (broad SMARTS) is 1. The molecule has 2 heterocycles. The van der Waals surface area contributed by atoms with Gasteiger partial charge in [-0.2, -0.15) is 0 Å². The number of carbonyl (C=O) groups is 1. The van der Waals surface area contributed by atoms with Crippen molar-refractivity contribution in [3.05, 3.63) is 29.8 Å². The highest BCUT2D eigenvalue weighted by molar-refractivity contribution is 8.01. The summed E-state index contributed by atoms with van der Waals surface area (Å²) in [4.78, 5) is 10.5. The van der Waals surface area contributed by atoms with Gasteiger partial charge in [0.2, 0.25) is 5.13 Å². The summed E-state index contributed by atoms with van der Waals surface area (Å²) >= 11 is 2.55. The van der Waals surface area contributed by atoms with E-state index in [4.69, 9.17) is 9.84 Å². The molecule has 0 fully saturated rings. The van der Waals surface area contributed by atoms with Gasteiger partial charge in [-0.15, -0.1) is 10.2 Å². The Labute approximate surface area is 129 Å².